The second-order valence-electron chi connectivity index (χ2n) is 6.46. The predicted molar refractivity (Wildman–Crippen MR) is 85.7 cm³/mol. The van der Waals surface area contributed by atoms with Gasteiger partial charge in [0.25, 0.3) is 5.91 Å². The number of halogens is 2. The maximum Gasteiger partial charge on any atom is 0.253 e. The number of likely N-dealkylation sites (N-methyl/N-ethyl adjacent to an activating group) is 1. The highest BCUT2D eigenvalue weighted by Gasteiger charge is 2.37. The minimum atomic E-state index is -0.489. The van der Waals surface area contributed by atoms with Gasteiger partial charge >= 0.3 is 0 Å². The second kappa shape index (κ2) is 6.55. The molecule has 1 aliphatic heterocycles. The molecular formula is C17H22ClFN2O. The lowest BCUT2D eigenvalue weighted by Gasteiger charge is -2.32. The van der Waals surface area contributed by atoms with Gasteiger partial charge in [-0.05, 0) is 62.9 Å². The first-order valence-electron chi connectivity index (χ1n) is 8.01. The maximum atomic E-state index is 13.3. The Morgan fingerprint density at radius 1 is 1.41 bits per heavy atom. The van der Waals surface area contributed by atoms with Gasteiger partial charge in [0.15, 0.2) is 0 Å². The summed E-state index contributed by atoms with van der Waals surface area (Å²) in [4.78, 5) is 17.0. The Kier molecular flexibility index (Phi) is 4.69. The van der Waals surface area contributed by atoms with Crippen molar-refractivity contribution < 1.29 is 9.18 Å². The molecule has 1 amide bonds. The molecule has 1 saturated heterocycles. The standard InChI is InChI=1S/C17H22ClFN2O/c1-20(17(22)13-6-7-15(19)14(18)10-13)16(12-4-5-12)11-21-8-2-3-9-21/h6-7,10,12,16H,2-5,8-9,11H2,1H3. The Bertz CT molecular complexity index is 556. The van der Waals surface area contributed by atoms with Crippen LogP contribution in [0, 0.1) is 11.7 Å². The molecule has 1 unspecified atom stereocenters. The van der Waals surface area contributed by atoms with Crippen LogP contribution in [0.5, 0.6) is 0 Å². The van der Waals surface area contributed by atoms with Crippen molar-refractivity contribution in [3.8, 4) is 0 Å². The molecule has 1 aliphatic carbocycles. The van der Waals surface area contributed by atoms with Crippen LogP contribution in [-0.4, -0.2) is 48.4 Å². The van der Waals surface area contributed by atoms with Crippen LogP contribution in [0.1, 0.15) is 36.0 Å². The molecule has 1 heterocycles. The van der Waals surface area contributed by atoms with E-state index in [1.54, 1.807) is 0 Å². The summed E-state index contributed by atoms with van der Waals surface area (Å²) >= 11 is 5.80. The second-order valence-corrected chi connectivity index (χ2v) is 6.86. The molecule has 1 aromatic carbocycles. The van der Waals surface area contributed by atoms with Gasteiger partial charge in [0.2, 0.25) is 0 Å². The van der Waals surface area contributed by atoms with E-state index < -0.39 is 5.82 Å². The smallest absolute Gasteiger partial charge is 0.253 e. The van der Waals surface area contributed by atoms with Gasteiger partial charge in [-0.3, -0.25) is 4.79 Å². The summed E-state index contributed by atoms with van der Waals surface area (Å²) in [5.41, 5.74) is 0.459. The van der Waals surface area contributed by atoms with Crippen molar-refractivity contribution in [3.63, 3.8) is 0 Å². The Morgan fingerprint density at radius 3 is 2.68 bits per heavy atom. The lowest BCUT2D eigenvalue weighted by Crippen LogP contribution is -2.45. The molecular weight excluding hydrogens is 303 g/mol. The van der Waals surface area contributed by atoms with Crippen molar-refractivity contribution in [1.82, 2.24) is 9.80 Å². The minimum Gasteiger partial charge on any atom is -0.337 e. The van der Waals surface area contributed by atoms with Crippen LogP contribution >= 0.6 is 11.6 Å². The highest BCUT2D eigenvalue weighted by atomic mass is 35.5. The van der Waals surface area contributed by atoms with Crippen LogP contribution in [0.25, 0.3) is 0 Å². The van der Waals surface area contributed by atoms with E-state index in [-0.39, 0.29) is 17.0 Å². The van der Waals surface area contributed by atoms with Crippen LogP contribution in [0.2, 0.25) is 5.02 Å². The summed E-state index contributed by atoms with van der Waals surface area (Å²) in [6, 6.07) is 4.44. The monoisotopic (exact) mass is 324 g/mol. The van der Waals surface area contributed by atoms with Crippen LogP contribution in [0.3, 0.4) is 0 Å². The molecule has 2 aliphatic rings. The molecule has 0 N–H and O–H groups in total. The molecule has 22 heavy (non-hydrogen) atoms. The quantitative estimate of drug-likeness (QED) is 0.828. The molecule has 3 rings (SSSR count). The number of carbonyl (C=O) groups is 1. The van der Waals surface area contributed by atoms with Crippen molar-refractivity contribution in [1.29, 1.82) is 0 Å². The number of benzene rings is 1. The zero-order valence-electron chi connectivity index (χ0n) is 12.9. The van der Waals surface area contributed by atoms with Gasteiger partial charge in [-0.2, -0.15) is 0 Å². The van der Waals surface area contributed by atoms with Gasteiger partial charge in [-0.15, -0.1) is 0 Å². The van der Waals surface area contributed by atoms with Gasteiger partial charge < -0.3 is 9.80 Å². The lowest BCUT2D eigenvalue weighted by molar-refractivity contribution is 0.0672. The summed E-state index contributed by atoms with van der Waals surface area (Å²) < 4.78 is 13.3. The largest absolute Gasteiger partial charge is 0.337 e. The average Bonchev–Trinajstić information content (AvgIpc) is 3.22. The van der Waals surface area contributed by atoms with Gasteiger partial charge in [-0.1, -0.05) is 11.6 Å². The van der Waals surface area contributed by atoms with Gasteiger partial charge in [0.1, 0.15) is 5.82 Å². The van der Waals surface area contributed by atoms with Gasteiger partial charge in [0.05, 0.1) is 5.02 Å². The Labute approximate surface area is 136 Å². The van der Waals surface area contributed by atoms with Gasteiger partial charge in [-0.25, -0.2) is 4.39 Å². The van der Waals surface area contributed by atoms with E-state index in [0.717, 1.165) is 19.6 Å². The molecule has 0 radical (unpaired) electrons. The maximum absolute atomic E-state index is 13.3. The average molecular weight is 325 g/mol. The van der Waals surface area contributed by atoms with Crippen LogP contribution in [-0.2, 0) is 0 Å². The van der Waals surface area contributed by atoms with Crippen molar-refractivity contribution in [2.75, 3.05) is 26.7 Å². The fourth-order valence-corrected chi connectivity index (χ4v) is 3.46. The van der Waals surface area contributed by atoms with Crippen LogP contribution in [0.4, 0.5) is 4.39 Å². The summed E-state index contributed by atoms with van der Waals surface area (Å²) in [5.74, 6) is 0.0418. The number of likely N-dealkylation sites (tertiary alicyclic amines) is 1. The fourth-order valence-electron chi connectivity index (χ4n) is 3.28. The first kappa shape index (κ1) is 15.8. The molecule has 0 spiro atoms. The van der Waals surface area contributed by atoms with E-state index in [1.165, 1.54) is 43.9 Å². The highest BCUT2D eigenvalue weighted by molar-refractivity contribution is 6.31. The molecule has 5 heteroatoms. The Hall–Kier alpha value is -1.13. The number of hydrogen-bond donors (Lipinski definition) is 0. The SMILES string of the molecule is CN(C(=O)c1ccc(F)c(Cl)c1)C(CN1CCCC1)C1CC1. The zero-order chi connectivity index (χ0) is 15.7. The first-order valence-corrected chi connectivity index (χ1v) is 8.38. The molecule has 1 aromatic rings. The molecule has 0 bridgehead atoms. The van der Waals surface area contributed by atoms with E-state index in [0.29, 0.717) is 11.5 Å². The Morgan fingerprint density at radius 2 is 2.09 bits per heavy atom. The van der Waals surface area contributed by atoms with Crippen LogP contribution in [0.15, 0.2) is 18.2 Å². The Balaban J connectivity index is 1.72. The van der Waals surface area contributed by atoms with E-state index >= 15 is 0 Å². The predicted octanol–water partition coefficient (Wildman–Crippen LogP) is 3.43. The fraction of sp³-hybridized carbons (Fsp3) is 0.588. The first-order chi connectivity index (χ1) is 10.6. The number of carbonyl (C=O) groups excluding carboxylic acids is 1. The number of nitrogens with zero attached hydrogens (tertiary/aromatic N) is 2. The molecule has 1 atom stereocenters. The summed E-state index contributed by atoms with van der Waals surface area (Å²) in [5, 5.41) is 0.00163. The number of hydrogen-bond acceptors (Lipinski definition) is 2. The summed E-state index contributed by atoms with van der Waals surface area (Å²) in [6.07, 6.45) is 4.89. The summed E-state index contributed by atoms with van der Waals surface area (Å²) in [7, 11) is 1.86. The number of rotatable bonds is 5. The summed E-state index contributed by atoms with van der Waals surface area (Å²) in [6.45, 7) is 3.21. The van der Waals surface area contributed by atoms with Crippen molar-refractivity contribution in [2.45, 2.75) is 31.7 Å². The van der Waals surface area contributed by atoms with Crippen LogP contribution < -0.4 is 0 Å². The number of amides is 1. The normalized spacial score (nSPS) is 20.1. The highest BCUT2D eigenvalue weighted by Crippen LogP contribution is 2.36. The third kappa shape index (κ3) is 3.44. The van der Waals surface area contributed by atoms with Crippen molar-refractivity contribution >= 4 is 17.5 Å². The molecule has 120 valence electrons. The molecule has 0 aromatic heterocycles. The van der Waals surface area contributed by atoms with E-state index in [4.69, 9.17) is 11.6 Å². The van der Waals surface area contributed by atoms with Gasteiger partial charge in [0, 0.05) is 25.2 Å². The van der Waals surface area contributed by atoms with E-state index in [2.05, 4.69) is 4.90 Å². The lowest BCUT2D eigenvalue weighted by atomic mass is 10.1. The third-order valence-corrected chi connectivity index (χ3v) is 5.08. The molecule has 1 saturated carbocycles. The minimum absolute atomic E-state index is 0.00163. The van der Waals surface area contributed by atoms with Crippen molar-refractivity contribution in [2.24, 2.45) is 5.92 Å². The van der Waals surface area contributed by atoms with Crippen molar-refractivity contribution in [3.05, 3.63) is 34.6 Å². The molecule has 3 nitrogen and oxygen atoms in total. The topological polar surface area (TPSA) is 23.6 Å². The molecule has 2 fully saturated rings. The van der Waals surface area contributed by atoms with E-state index in [9.17, 15) is 9.18 Å². The zero-order valence-corrected chi connectivity index (χ0v) is 13.7. The third-order valence-electron chi connectivity index (χ3n) is 4.79. The van der Waals surface area contributed by atoms with E-state index in [1.807, 2.05) is 11.9 Å².